The molecule has 0 radical (unpaired) electrons. The number of benzene rings is 1. The first kappa shape index (κ1) is 14.7. The predicted molar refractivity (Wildman–Crippen MR) is 88.1 cm³/mol. The number of carbonyl (C=O) groups excluding carboxylic acids is 2. The lowest BCUT2D eigenvalue weighted by atomic mass is 10.00. The van der Waals surface area contributed by atoms with Crippen molar-refractivity contribution in [1.82, 2.24) is 4.90 Å². The molecule has 2 aliphatic rings. The van der Waals surface area contributed by atoms with Crippen LogP contribution in [0.3, 0.4) is 0 Å². The Balaban J connectivity index is 1.58. The summed E-state index contributed by atoms with van der Waals surface area (Å²) in [5.74, 6) is -0.135. The molecule has 0 aliphatic carbocycles. The number of aliphatic imine (C=N–C) groups is 2. The summed E-state index contributed by atoms with van der Waals surface area (Å²) in [5.41, 5.74) is 2.64. The summed E-state index contributed by atoms with van der Waals surface area (Å²) in [4.78, 5) is 33.2. The molecule has 0 atom stereocenters. The molecular weight excluding hydrogens is 298 g/mol. The highest BCUT2D eigenvalue weighted by Crippen LogP contribution is 2.19. The topological polar surface area (TPSA) is 62.1 Å². The van der Waals surface area contributed by atoms with Gasteiger partial charge in [-0.25, -0.2) is 4.99 Å². The number of amides is 2. The van der Waals surface area contributed by atoms with Gasteiger partial charge in [-0.3, -0.25) is 9.59 Å². The van der Waals surface area contributed by atoms with Crippen LogP contribution >= 0.6 is 11.8 Å². The molecule has 112 valence electrons. The summed E-state index contributed by atoms with van der Waals surface area (Å²) in [6.07, 6.45) is 2.36. The fraction of sp³-hybridized carbons (Fsp3) is 0.250. The average Bonchev–Trinajstić information content (AvgIpc) is 2.55. The standard InChI is InChI=1S/C16H15N3O2S/c1-11-16(21)18-14(8-17-11)22-10-15(20)19-7-6-12-4-2-3-5-13(12)9-19/h2-5,8H,1,6-7,9-10H2. The fourth-order valence-electron chi connectivity index (χ4n) is 2.39. The second-order valence-electron chi connectivity index (χ2n) is 5.08. The second-order valence-corrected chi connectivity index (χ2v) is 6.08. The summed E-state index contributed by atoms with van der Waals surface area (Å²) < 4.78 is 0. The van der Waals surface area contributed by atoms with Crippen LogP contribution in [0.15, 0.2) is 46.5 Å². The molecule has 0 unspecified atom stereocenters. The third-order valence-electron chi connectivity index (χ3n) is 3.62. The van der Waals surface area contributed by atoms with Crippen LogP contribution in [0, 0.1) is 0 Å². The van der Waals surface area contributed by atoms with E-state index in [0.29, 0.717) is 11.6 Å². The Labute approximate surface area is 132 Å². The van der Waals surface area contributed by atoms with Crippen LogP contribution in [0.25, 0.3) is 0 Å². The maximum absolute atomic E-state index is 12.3. The van der Waals surface area contributed by atoms with E-state index in [1.165, 1.54) is 29.1 Å². The van der Waals surface area contributed by atoms with Gasteiger partial charge in [0.05, 0.1) is 12.0 Å². The predicted octanol–water partition coefficient (Wildman–Crippen LogP) is 1.83. The number of hydrogen-bond acceptors (Lipinski definition) is 4. The molecule has 0 N–H and O–H groups in total. The van der Waals surface area contributed by atoms with Gasteiger partial charge in [0.2, 0.25) is 5.91 Å². The molecule has 1 aromatic carbocycles. The van der Waals surface area contributed by atoms with Crippen LogP contribution in [0.1, 0.15) is 11.1 Å². The van der Waals surface area contributed by atoms with E-state index in [1.807, 2.05) is 17.0 Å². The summed E-state index contributed by atoms with van der Waals surface area (Å²) in [7, 11) is 0. The average molecular weight is 313 g/mol. The van der Waals surface area contributed by atoms with E-state index in [2.05, 4.69) is 28.7 Å². The first-order chi connectivity index (χ1) is 10.6. The lowest BCUT2D eigenvalue weighted by Gasteiger charge is -2.28. The highest BCUT2D eigenvalue weighted by Gasteiger charge is 2.21. The molecule has 2 heterocycles. The molecule has 3 rings (SSSR count). The Bertz CT molecular complexity index is 709. The first-order valence-corrected chi connectivity index (χ1v) is 7.95. The smallest absolute Gasteiger partial charge is 0.296 e. The molecule has 0 fully saturated rings. The van der Waals surface area contributed by atoms with E-state index in [1.54, 1.807) is 0 Å². The van der Waals surface area contributed by atoms with Crippen molar-refractivity contribution in [2.24, 2.45) is 9.98 Å². The van der Waals surface area contributed by atoms with Crippen molar-refractivity contribution >= 4 is 34.8 Å². The van der Waals surface area contributed by atoms with Gasteiger partial charge in [-0.05, 0) is 17.5 Å². The maximum atomic E-state index is 12.3. The quantitative estimate of drug-likeness (QED) is 0.783. The fourth-order valence-corrected chi connectivity index (χ4v) is 3.12. The van der Waals surface area contributed by atoms with Gasteiger partial charge in [0.1, 0.15) is 10.7 Å². The van der Waals surface area contributed by atoms with Crippen molar-refractivity contribution < 1.29 is 9.59 Å². The molecule has 0 aromatic heterocycles. The van der Waals surface area contributed by atoms with Crippen LogP contribution in [0.4, 0.5) is 0 Å². The van der Waals surface area contributed by atoms with E-state index in [9.17, 15) is 9.59 Å². The maximum Gasteiger partial charge on any atom is 0.296 e. The van der Waals surface area contributed by atoms with Gasteiger partial charge in [-0.15, -0.1) is 0 Å². The molecule has 2 aliphatic heterocycles. The monoisotopic (exact) mass is 313 g/mol. The van der Waals surface area contributed by atoms with Crippen molar-refractivity contribution in [3.8, 4) is 0 Å². The van der Waals surface area contributed by atoms with Gasteiger partial charge >= 0.3 is 0 Å². The Hall–Kier alpha value is -2.21. The zero-order chi connectivity index (χ0) is 15.5. The van der Waals surface area contributed by atoms with Crippen molar-refractivity contribution in [2.45, 2.75) is 13.0 Å². The second kappa shape index (κ2) is 6.27. The molecule has 0 saturated heterocycles. The van der Waals surface area contributed by atoms with Crippen molar-refractivity contribution in [1.29, 1.82) is 0 Å². The molecule has 22 heavy (non-hydrogen) atoms. The summed E-state index contributed by atoms with van der Waals surface area (Å²) in [6.45, 7) is 4.85. The number of fused-ring (bicyclic) bond motifs is 1. The Morgan fingerprint density at radius 3 is 2.86 bits per heavy atom. The lowest BCUT2D eigenvalue weighted by molar-refractivity contribution is -0.129. The van der Waals surface area contributed by atoms with Gasteiger partial charge in [-0.2, -0.15) is 4.99 Å². The first-order valence-electron chi connectivity index (χ1n) is 6.97. The molecule has 2 amide bonds. The van der Waals surface area contributed by atoms with Gasteiger partial charge in [0.25, 0.3) is 5.91 Å². The van der Waals surface area contributed by atoms with E-state index >= 15 is 0 Å². The summed E-state index contributed by atoms with van der Waals surface area (Å²) >= 11 is 1.23. The number of rotatable bonds is 2. The number of nitrogens with zero attached hydrogens (tertiary/aromatic N) is 3. The summed E-state index contributed by atoms with van der Waals surface area (Å²) in [5, 5.41) is 0.461. The van der Waals surface area contributed by atoms with Gasteiger partial charge in [0, 0.05) is 13.1 Å². The molecule has 5 nitrogen and oxygen atoms in total. The van der Waals surface area contributed by atoms with E-state index < -0.39 is 5.91 Å². The van der Waals surface area contributed by atoms with Crippen LogP contribution in [0.2, 0.25) is 0 Å². The largest absolute Gasteiger partial charge is 0.337 e. The minimum Gasteiger partial charge on any atom is -0.337 e. The highest BCUT2D eigenvalue weighted by molar-refractivity contribution is 8.16. The van der Waals surface area contributed by atoms with E-state index in [0.717, 1.165) is 13.0 Å². The number of hydrogen-bond donors (Lipinski definition) is 0. The Morgan fingerprint density at radius 1 is 1.32 bits per heavy atom. The minimum absolute atomic E-state index is 0.0486. The zero-order valence-electron chi connectivity index (χ0n) is 12.0. The highest BCUT2D eigenvalue weighted by atomic mass is 32.2. The molecule has 1 aromatic rings. The third kappa shape index (κ3) is 3.17. The summed E-state index contributed by atoms with van der Waals surface area (Å²) in [6, 6.07) is 8.19. The number of thioether (sulfide) groups is 1. The molecular formula is C16H15N3O2S. The van der Waals surface area contributed by atoms with Gasteiger partial charge < -0.3 is 4.90 Å². The molecule has 0 saturated carbocycles. The molecule has 0 bridgehead atoms. The Morgan fingerprint density at radius 2 is 2.09 bits per heavy atom. The van der Waals surface area contributed by atoms with Crippen LogP contribution in [-0.2, 0) is 22.6 Å². The van der Waals surface area contributed by atoms with Crippen molar-refractivity contribution in [3.05, 3.63) is 47.7 Å². The number of carbonyl (C=O) groups is 2. The van der Waals surface area contributed by atoms with Crippen LogP contribution < -0.4 is 0 Å². The van der Waals surface area contributed by atoms with Crippen LogP contribution in [0.5, 0.6) is 0 Å². The third-order valence-corrected chi connectivity index (χ3v) is 4.50. The van der Waals surface area contributed by atoms with E-state index in [4.69, 9.17) is 0 Å². The van der Waals surface area contributed by atoms with Crippen molar-refractivity contribution in [3.63, 3.8) is 0 Å². The molecule has 0 spiro atoms. The van der Waals surface area contributed by atoms with Gasteiger partial charge in [-0.1, -0.05) is 42.6 Å². The normalized spacial score (nSPS) is 17.3. The van der Waals surface area contributed by atoms with E-state index in [-0.39, 0.29) is 17.4 Å². The lowest BCUT2D eigenvalue weighted by Crippen LogP contribution is -2.37. The van der Waals surface area contributed by atoms with Crippen molar-refractivity contribution in [2.75, 3.05) is 12.3 Å². The molecule has 6 heteroatoms. The minimum atomic E-state index is -0.440. The SMILES string of the molecule is C=C1N=CC(SCC(=O)N2CCc3ccccc3C2)=NC1=O. The Kier molecular flexibility index (Phi) is 4.20. The zero-order valence-corrected chi connectivity index (χ0v) is 12.8. The van der Waals surface area contributed by atoms with Gasteiger partial charge in [0.15, 0.2) is 0 Å². The van der Waals surface area contributed by atoms with Crippen LogP contribution in [-0.4, -0.2) is 40.3 Å².